The Hall–Kier alpha value is -0.500. The van der Waals surface area contributed by atoms with Crippen molar-refractivity contribution >= 4 is 34.5 Å². The lowest BCUT2D eigenvalue weighted by Crippen LogP contribution is -1.90. The summed E-state index contributed by atoms with van der Waals surface area (Å²) in [5.41, 5.74) is 0.982. The quantitative estimate of drug-likeness (QED) is 0.665. The van der Waals surface area contributed by atoms with Crippen LogP contribution in [0.1, 0.15) is 27.6 Å². The summed E-state index contributed by atoms with van der Waals surface area (Å²) in [4.78, 5) is 2.51. The maximum Gasteiger partial charge on any atom is 0.0942 e. The van der Waals surface area contributed by atoms with Gasteiger partial charge in [0.05, 0.1) is 5.38 Å². The van der Waals surface area contributed by atoms with Crippen molar-refractivity contribution in [1.29, 1.82) is 0 Å². The number of halogens is 2. The molecule has 0 aliphatic heterocycles. The molecule has 0 amide bonds. The summed E-state index contributed by atoms with van der Waals surface area (Å²) in [5, 5.41) is 0.591. The van der Waals surface area contributed by atoms with Gasteiger partial charge >= 0.3 is 0 Å². The molecule has 0 bridgehead atoms. The Morgan fingerprint density at radius 2 is 1.94 bits per heavy atom. The van der Waals surface area contributed by atoms with Crippen molar-refractivity contribution in [3.8, 4) is 0 Å². The van der Waals surface area contributed by atoms with Gasteiger partial charge in [-0.05, 0) is 30.2 Å². The highest BCUT2D eigenvalue weighted by atomic mass is 35.5. The third kappa shape index (κ3) is 2.42. The van der Waals surface area contributed by atoms with Gasteiger partial charge < -0.3 is 0 Å². The molecule has 1 heterocycles. The van der Waals surface area contributed by atoms with Gasteiger partial charge in [-0.25, -0.2) is 0 Å². The van der Waals surface area contributed by atoms with E-state index >= 15 is 0 Å². The van der Waals surface area contributed by atoms with Crippen molar-refractivity contribution in [2.45, 2.75) is 18.7 Å². The first-order valence-corrected chi connectivity index (χ1v) is 6.82. The molecule has 0 aliphatic rings. The molecule has 0 fully saturated rings. The second-order valence-electron chi connectivity index (χ2n) is 3.54. The van der Waals surface area contributed by atoms with E-state index in [4.69, 9.17) is 23.2 Å². The highest BCUT2D eigenvalue weighted by Crippen LogP contribution is 2.36. The van der Waals surface area contributed by atoms with Gasteiger partial charge in [-0.2, -0.15) is 0 Å². The fourth-order valence-corrected chi connectivity index (χ4v) is 3.20. The van der Waals surface area contributed by atoms with Crippen LogP contribution in [0.15, 0.2) is 36.4 Å². The number of alkyl halides is 1. The normalized spacial score (nSPS) is 12.7. The molecule has 3 heteroatoms. The van der Waals surface area contributed by atoms with Crippen LogP contribution in [0.25, 0.3) is 0 Å². The molecule has 2 rings (SSSR count). The van der Waals surface area contributed by atoms with Crippen molar-refractivity contribution in [2.75, 3.05) is 0 Å². The van der Waals surface area contributed by atoms with Gasteiger partial charge in [-0.15, -0.1) is 22.9 Å². The number of benzene rings is 1. The molecule has 16 heavy (non-hydrogen) atoms. The number of hydrogen-bond acceptors (Lipinski definition) is 1. The molecular weight excluding hydrogens is 259 g/mol. The summed E-state index contributed by atoms with van der Waals surface area (Å²) in [6.45, 7) is 2.15. The van der Waals surface area contributed by atoms with Crippen LogP contribution >= 0.6 is 34.5 Å². The molecule has 1 aromatic heterocycles. The minimum absolute atomic E-state index is 0.140. The molecule has 1 unspecified atom stereocenters. The lowest BCUT2D eigenvalue weighted by Gasteiger charge is -2.09. The highest BCUT2D eigenvalue weighted by molar-refractivity contribution is 7.12. The fourth-order valence-electron chi connectivity index (χ4n) is 1.55. The van der Waals surface area contributed by atoms with Crippen molar-refractivity contribution < 1.29 is 0 Å². The first kappa shape index (κ1) is 12.0. The average molecular weight is 271 g/mol. The molecule has 0 N–H and O–H groups in total. The van der Waals surface area contributed by atoms with Crippen molar-refractivity contribution in [3.63, 3.8) is 0 Å². The van der Waals surface area contributed by atoms with Gasteiger partial charge in [-0.3, -0.25) is 0 Å². The second kappa shape index (κ2) is 5.22. The summed E-state index contributed by atoms with van der Waals surface area (Å²) in [7, 11) is 0. The van der Waals surface area contributed by atoms with Crippen LogP contribution in [0.3, 0.4) is 0 Å². The summed E-state index contributed by atoms with van der Waals surface area (Å²) in [6.07, 6.45) is 1.05. The molecule has 0 aliphatic carbocycles. The maximum atomic E-state index is 6.43. The largest absolute Gasteiger partial charge is 0.143 e. The zero-order valence-corrected chi connectivity index (χ0v) is 11.2. The van der Waals surface area contributed by atoms with E-state index in [-0.39, 0.29) is 5.38 Å². The standard InChI is InChI=1S/C13H12Cl2S/c1-2-9-7-8-12(16-9)13(15)10-5-3-4-6-11(10)14/h3-8,13H,2H2,1H3. The first-order valence-electron chi connectivity index (χ1n) is 5.19. The first-order chi connectivity index (χ1) is 7.72. The van der Waals surface area contributed by atoms with E-state index in [1.54, 1.807) is 11.3 Å². The highest BCUT2D eigenvalue weighted by Gasteiger charge is 2.15. The molecule has 1 atom stereocenters. The Bertz CT molecular complexity index is 476. The molecule has 0 saturated heterocycles. The monoisotopic (exact) mass is 270 g/mol. The Morgan fingerprint density at radius 3 is 2.56 bits per heavy atom. The third-order valence-corrected chi connectivity index (χ3v) is 4.70. The minimum Gasteiger partial charge on any atom is -0.143 e. The van der Waals surface area contributed by atoms with Gasteiger partial charge in [0.25, 0.3) is 0 Å². The molecule has 1 aromatic carbocycles. The maximum absolute atomic E-state index is 6.43. The van der Waals surface area contributed by atoms with Crippen molar-refractivity contribution in [3.05, 3.63) is 56.7 Å². The molecule has 0 radical (unpaired) electrons. The lowest BCUT2D eigenvalue weighted by molar-refractivity contribution is 1.18. The third-order valence-electron chi connectivity index (χ3n) is 2.46. The van der Waals surface area contributed by atoms with Crippen LogP contribution in [-0.4, -0.2) is 0 Å². The predicted octanol–water partition coefficient (Wildman–Crippen LogP) is 5.29. The molecule has 2 aromatic rings. The van der Waals surface area contributed by atoms with Gasteiger partial charge in [0, 0.05) is 14.8 Å². The SMILES string of the molecule is CCc1ccc(C(Cl)c2ccccc2Cl)s1. The number of aryl methyl sites for hydroxylation is 1. The van der Waals surface area contributed by atoms with E-state index in [9.17, 15) is 0 Å². The van der Waals surface area contributed by atoms with Gasteiger partial charge in [-0.1, -0.05) is 36.7 Å². The van der Waals surface area contributed by atoms with Gasteiger partial charge in [0.1, 0.15) is 0 Å². The number of thiophene rings is 1. The minimum atomic E-state index is -0.140. The summed E-state index contributed by atoms with van der Waals surface area (Å²) in [6, 6.07) is 12.0. The topological polar surface area (TPSA) is 0 Å². The Balaban J connectivity index is 2.31. The van der Waals surface area contributed by atoms with Crippen molar-refractivity contribution in [1.82, 2.24) is 0 Å². The van der Waals surface area contributed by atoms with Crippen LogP contribution in [0.4, 0.5) is 0 Å². The Kier molecular flexibility index (Phi) is 3.91. The summed E-state index contributed by atoms with van der Waals surface area (Å²) in [5.74, 6) is 0. The summed E-state index contributed by atoms with van der Waals surface area (Å²) >= 11 is 14.3. The van der Waals surface area contributed by atoms with Crippen molar-refractivity contribution in [2.24, 2.45) is 0 Å². The van der Waals surface area contributed by atoms with E-state index < -0.39 is 0 Å². The zero-order chi connectivity index (χ0) is 11.5. The molecule has 0 nitrogen and oxygen atoms in total. The number of hydrogen-bond donors (Lipinski definition) is 0. The number of rotatable bonds is 3. The van der Waals surface area contributed by atoms with E-state index in [0.717, 1.165) is 21.9 Å². The van der Waals surface area contributed by atoms with Crippen LogP contribution in [-0.2, 0) is 6.42 Å². The second-order valence-corrected chi connectivity index (χ2v) is 5.59. The van der Waals surface area contributed by atoms with Gasteiger partial charge in [0.2, 0.25) is 0 Å². The van der Waals surface area contributed by atoms with Crippen LogP contribution in [0.5, 0.6) is 0 Å². The van der Waals surface area contributed by atoms with Crippen LogP contribution < -0.4 is 0 Å². The smallest absolute Gasteiger partial charge is 0.0942 e. The lowest BCUT2D eigenvalue weighted by atomic mass is 10.1. The van der Waals surface area contributed by atoms with Crippen LogP contribution in [0, 0.1) is 0 Å². The molecular formula is C13H12Cl2S. The Morgan fingerprint density at radius 1 is 1.19 bits per heavy atom. The zero-order valence-electron chi connectivity index (χ0n) is 8.91. The Labute approximate surface area is 110 Å². The molecule has 0 spiro atoms. The summed E-state index contributed by atoms with van der Waals surface area (Å²) < 4.78 is 0. The van der Waals surface area contributed by atoms with E-state index in [0.29, 0.717) is 0 Å². The molecule has 84 valence electrons. The van der Waals surface area contributed by atoms with Crippen LogP contribution in [0.2, 0.25) is 5.02 Å². The van der Waals surface area contributed by atoms with E-state index in [2.05, 4.69) is 19.1 Å². The van der Waals surface area contributed by atoms with Gasteiger partial charge in [0.15, 0.2) is 0 Å². The molecule has 0 saturated carbocycles. The average Bonchev–Trinajstić information content (AvgIpc) is 2.77. The van der Waals surface area contributed by atoms with E-state index in [1.807, 2.05) is 24.3 Å². The predicted molar refractivity (Wildman–Crippen MR) is 72.8 cm³/mol. The van der Waals surface area contributed by atoms with E-state index in [1.165, 1.54) is 4.88 Å². The fraction of sp³-hybridized carbons (Fsp3) is 0.231.